The second-order valence-electron chi connectivity index (χ2n) is 7.43. The zero-order valence-corrected chi connectivity index (χ0v) is 17.7. The molecule has 1 fully saturated rings. The van der Waals surface area contributed by atoms with Crippen molar-refractivity contribution in [3.05, 3.63) is 69.6 Å². The van der Waals surface area contributed by atoms with Crippen molar-refractivity contribution < 1.29 is 26.2 Å². The maximum atomic E-state index is 3.63. The Morgan fingerprint density at radius 3 is 2.40 bits per heavy atom. The molecule has 4 rings (SSSR count). The number of hydrogen-bond donors (Lipinski definition) is 0. The van der Waals surface area contributed by atoms with Gasteiger partial charge in [-0.25, -0.2) is 0 Å². The van der Waals surface area contributed by atoms with Crippen LogP contribution in [0.15, 0.2) is 48.0 Å². The third-order valence-corrected chi connectivity index (χ3v) is 5.28. The predicted molar refractivity (Wildman–Crippen MR) is 103 cm³/mol. The maximum absolute atomic E-state index is 3.63. The molecule has 0 heterocycles. The van der Waals surface area contributed by atoms with Gasteiger partial charge in [0.05, 0.1) is 0 Å². The molecule has 2 aromatic carbocycles. The van der Waals surface area contributed by atoms with E-state index in [4.69, 9.17) is 0 Å². The summed E-state index contributed by atoms with van der Waals surface area (Å²) in [5, 5.41) is 2.58. The molecule has 2 aliphatic rings. The molecule has 0 amide bonds. The van der Waals surface area contributed by atoms with Crippen LogP contribution < -0.4 is 10.4 Å². The van der Waals surface area contributed by atoms with Crippen LogP contribution in [-0.2, 0) is 26.2 Å². The molecule has 25 heavy (non-hydrogen) atoms. The van der Waals surface area contributed by atoms with Gasteiger partial charge < -0.3 is 0 Å². The zero-order valence-electron chi connectivity index (χ0n) is 15.2. The average Bonchev–Trinajstić information content (AvgIpc) is 2.97. The Bertz CT molecular complexity index is 891. The van der Waals surface area contributed by atoms with E-state index in [2.05, 4.69) is 68.5 Å². The quantitative estimate of drug-likeness (QED) is 0.623. The molecule has 1 heteroatoms. The molecule has 0 radical (unpaired) electrons. The number of allylic oxidation sites excluding steroid dienone is 2. The van der Waals surface area contributed by atoms with Crippen LogP contribution in [0.5, 0.6) is 0 Å². The first-order valence-electron chi connectivity index (χ1n) is 9.24. The summed E-state index contributed by atoms with van der Waals surface area (Å²) in [6.07, 6.45) is 15.3. The van der Waals surface area contributed by atoms with Crippen molar-refractivity contribution in [3.8, 4) is 11.1 Å². The van der Waals surface area contributed by atoms with E-state index in [0.717, 1.165) is 5.92 Å². The minimum atomic E-state index is 0. The summed E-state index contributed by atoms with van der Waals surface area (Å²) in [4.78, 5) is 0. The first-order valence-corrected chi connectivity index (χ1v) is 9.24. The van der Waals surface area contributed by atoms with Gasteiger partial charge in [-0.05, 0) is 25.3 Å². The third kappa shape index (κ3) is 4.14. The second kappa shape index (κ2) is 8.00. The number of benzene rings is 2. The van der Waals surface area contributed by atoms with Crippen molar-refractivity contribution in [1.29, 1.82) is 0 Å². The summed E-state index contributed by atoms with van der Waals surface area (Å²) in [5.74, 6) is 0.747. The summed E-state index contributed by atoms with van der Waals surface area (Å²) in [7, 11) is 0. The minimum absolute atomic E-state index is 0. The molecule has 0 bridgehead atoms. The van der Waals surface area contributed by atoms with Gasteiger partial charge in [0, 0.05) is 26.2 Å². The van der Waals surface area contributed by atoms with Crippen LogP contribution in [0.4, 0.5) is 0 Å². The molecule has 0 aliphatic heterocycles. The van der Waals surface area contributed by atoms with Gasteiger partial charge in [-0.1, -0.05) is 79.1 Å². The third-order valence-electron chi connectivity index (χ3n) is 5.28. The van der Waals surface area contributed by atoms with Crippen LogP contribution in [0.25, 0.3) is 23.3 Å². The summed E-state index contributed by atoms with van der Waals surface area (Å²) in [6.45, 7) is 4.35. The monoisotopic (exact) mass is 403 g/mol. The van der Waals surface area contributed by atoms with Crippen LogP contribution >= 0.6 is 0 Å². The zero-order chi connectivity index (χ0) is 16.5. The number of hydrogen-bond acceptors (Lipinski definition) is 0. The normalized spacial score (nSPS) is 18.2. The fourth-order valence-corrected chi connectivity index (χ4v) is 4.20. The SMILES string of the molecule is Cc1cc(C)cc(-c2cccc3c2=CC(=CC2CCCCC2)[C-]=3)c1.[Zr]. The van der Waals surface area contributed by atoms with Crippen molar-refractivity contribution in [3.63, 3.8) is 0 Å². The predicted octanol–water partition coefficient (Wildman–Crippen LogP) is 4.93. The van der Waals surface area contributed by atoms with Gasteiger partial charge in [0.15, 0.2) is 0 Å². The average molecular weight is 405 g/mol. The molecular weight excluding hydrogens is 379 g/mol. The summed E-state index contributed by atoms with van der Waals surface area (Å²) >= 11 is 0. The molecule has 0 aromatic heterocycles. The van der Waals surface area contributed by atoms with Crippen LogP contribution in [0, 0.1) is 19.8 Å². The van der Waals surface area contributed by atoms with E-state index < -0.39 is 0 Å². The Kier molecular flexibility index (Phi) is 5.95. The van der Waals surface area contributed by atoms with E-state index in [1.54, 1.807) is 0 Å². The Hall–Kier alpha value is -1.20. The molecule has 0 nitrogen and oxygen atoms in total. The van der Waals surface area contributed by atoms with Gasteiger partial charge in [-0.15, -0.1) is 40.3 Å². The van der Waals surface area contributed by atoms with Crippen molar-refractivity contribution in [2.45, 2.75) is 46.0 Å². The van der Waals surface area contributed by atoms with Crippen molar-refractivity contribution in [2.75, 3.05) is 0 Å². The molecule has 2 aromatic rings. The molecule has 1 saturated carbocycles. The minimum Gasteiger partial charge on any atom is -0.145 e. The first kappa shape index (κ1) is 18.6. The van der Waals surface area contributed by atoms with Crippen molar-refractivity contribution in [1.82, 2.24) is 0 Å². The van der Waals surface area contributed by atoms with E-state index in [-0.39, 0.29) is 26.2 Å². The number of rotatable bonds is 2. The molecule has 0 spiro atoms. The van der Waals surface area contributed by atoms with E-state index >= 15 is 0 Å². The van der Waals surface area contributed by atoms with E-state index in [1.807, 2.05) is 0 Å². The van der Waals surface area contributed by atoms with Crippen molar-refractivity contribution >= 4 is 12.2 Å². The van der Waals surface area contributed by atoms with Crippen LogP contribution in [0.3, 0.4) is 0 Å². The molecule has 0 unspecified atom stereocenters. The van der Waals surface area contributed by atoms with Gasteiger partial charge in [0.2, 0.25) is 0 Å². The number of fused-ring (bicyclic) bond motifs is 1. The van der Waals surface area contributed by atoms with Gasteiger partial charge in [-0.3, -0.25) is 0 Å². The fraction of sp³-hybridized carbons (Fsp3) is 0.333. The van der Waals surface area contributed by atoms with Gasteiger partial charge >= 0.3 is 0 Å². The first-order chi connectivity index (χ1) is 11.7. The summed E-state index contributed by atoms with van der Waals surface area (Å²) in [6, 6.07) is 13.4. The topological polar surface area (TPSA) is 0 Å². The van der Waals surface area contributed by atoms with Crippen LogP contribution in [0.2, 0.25) is 0 Å². The van der Waals surface area contributed by atoms with E-state index in [1.165, 1.54) is 70.4 Å². The molecule has 0 N–H and O–H groups in total. The Labute approximate surface area is 170 Å². The van der Waals surface area contributed by atoms with Gasteiger partial charge in [-0.2, -0.15) is 0 Å². The second-order valence-corrected chi connectivity index (χ2v) is 7.43. The Balaban J connectivity index is 0.00000182. The summed E-state index contributed by atoms with van der Waals surface area (Å²) in [5.41, 5.74) is 6.59. The maximum Gasteiger partial charge on any atom is 0 e. The molecule has 126 valence electrons. The molecule has 0 saturated heterocycles. The van der Waals surface area contributed by atoms with E-state index in [9.17, 15) is 0 Å². The standard InChI is InChI=1S/C24H25.Zr/c1-17-11-18(2)13-22(12-17)23-10-6-9-21-15-20(16-24(21)23)14-19-7-4-3-5-8-19;/h6,9-14,16,19H,3-5,7-8H2,1-2H3;/q-1;. The molecule has 0 atom stereocenters. The largest absolute Gasteiger partial charge is 0.145 e. The van der Waals surface area contributed by atoms with Gasteiger partial charge in [0.1, 0.15) is 0 Å². The van der Waals surface area contributed by atoms with Crippen LogP contribution in [-0.4, -0.2) is 0 Å². The van der Waals surface area contributed by atoms with Gasteiger partial charge in [0.25, 0.3) is 0 Å². The number of aryl methyl sites for hydroxylation is 2. The Morgan fingerprint density at radius 2 is 1.68 bits per heavy atom. The molecular formula is C24H25Zr-. The summed E-state index contributed by atoms with van der Waals surface area (Å²) < 4.78 is 0. The van der Waals surface area contributed by atoms with Crippen LogP contribution in [0.1, 0.15) is 43.2 Å². The Morgan fingerprint density at radius 1 is 0.960 bits per heavy atom. The van der Waals surface area contributed by atoms with Crippen molar-refractivity contribution in [2.24, 2.45) is 5.92 Å². The fourth-order valence-electron chi connectivity index (χ4n) is 4.20. The van der Waals surface area contributed by atoms with E-state index in [0.29, 0.717) is 0 Å². The molecule has 2 aliphatic carbocycles. The smallest absolute Gasteiger partial charge is 0 e.